The largest absolute Gasteiger partial charge is 0.343 e. The van der Waals surface area contributed by atoms with Crippen LogP contribution in [0.5, 0.6) is 0 Å². The monoisotopic (exact) mass is 484 g/mol. The minimum absolute atomic E-state index is 0.0844. The van der Waals surface area contributed by atoms with Crippen LogP contribution in [0.15, 0.2) is 42.5 Å². The second kappa shape index (κ2) is 9.72. The Labute approximate surface area is 204 Å². The van der Waals surface area contributed by atoms with Crippen LogP contribution in [-0.2, 0) is 21.4 Å². The summed E-state index contributed by atoms with van der Waals surface area (Å²) in [6.07, 6.45) is 1.70. The highest BCUT2D eigenvalue weighted by molar-refractivity contribution is 6.35. The first-order valence-corrected chi connectivity index (χ1v) is 11.8. The number of piperazine rings is 1. The lowest BCUT2D eigenvalue weighted by Crippen LogP contribution is -2.56. The number of nitriles is 1. The van der Waals surface area contributed by atoms with Crippen molar-refractivity contribution in [3.63, 3.8) is 0 Å². The maximum atomic E-state index is 13.5. The number of hydrogen-bond acceptors (Lipinski definition) is 4. The molecule has 2 aromatic carbocycles. The molecule has 1 saturated heterocycles. The van der Waals surface area contributed by atoms with Crippen LogP contribution >= 0.6 is 23.2 Å². The number of nitrogens with zero attached hydrogens (tertiary/aromatic N) is 3. The molecule has 2 fully saturated rings. The molecule has 2 aromatic rings. The molecule has 2 aliphatic rings. The van der Waals surface area contributed by atoms with Gasteiger partial charge in [0.25, 0.3) is 0 Å². The van der Waals surface area contributed by atoms with Crippen molar-refractivity contribution in [2.45, 2.75) is 30.7 Å². The molecule has 1 aliphatic heterocycles. The van der Waals surface area contributed by atoms with E-state index >= 15 is 0 Å². The standard InChI is InChI=1S/C25H26Cl2N4O2/c1-30-10-12-31(13-11-30)23(32)22(14-17-2-4-18(16-28)5-3-17)29-24(33)25(8-9-25)20-7-6-19(26)15-21(20)27/h2-7,15,22H,8-14H2,1H3,(H,29,33). The SMILES string of the molecule is CN1CCN(C(=O)C(Cc2ccc(C#N)cc2)NC(=O)C2(c3ccc(Cl)cc3Cl)CC2)CC1. The number of rotatable bonds is 6. The van der Waals surface area contributed by atoms with Crippen molar-refractivity contribution in [3.05, 3.63) is 69.2 Å². The molecule has 1 atom stereocenters. The van der Waals surface area contributed by atoms with E-state index in [4.69, 9.17) is 28.5 Å². The highest BCUT2D eigenvalue weighted by atomic mass is 35.5. The van der Waals surface area contributed by atoms with Crippen LogP contribution in [0.1, 0.15) is 29.5 Å². The van der Waals surface area contributed by atoms with Gasteiger partial charge < -0.3 is 15.1 Å². The lowest BCUT2D eigenvalue weighted by atomic mass is 9.93. The smallest absolute Gasteiger partial charge is 0.245 e. The third-order valence-electron chi connectivity index (χ3n) is 6.57. The fourth-order valence-electron chi connectivity index (χ4n) is 4.32. The Morgan fingerprint density at radius 2 is 1.76 bits per heavy atom. The average Bonchev–Trinajstić information content (AvgIpc) is 3.61. The molecule has 0 spiro atoms. The predicted octanol–water partition coefficient (Wildman–Crippen LogP) is 3.40. The molecule has 33 heavy (non-hydrogen) atoms. The van der Waals surface area contributed by atoms with E-state index in [0.717, 1.165) is 24.2 Å². The minimum atomic E-state index is -0.729. The number of hydrogen-bond donors (Lipinski definition) is 1. The molecule has 0 aromatic heterocycles. The zero-order valence-corrected chi connectivity index (χ0v) is 20.0. The fraction of sp³-hybridized carbons (Fsp3) is 0.400. The van der Waals surface area contributed by atoms with Crippen LogP contribution in [0, 0.1) is 11.3 Å². The van der Waals surface area contributed by atoms with E-state index in [1.165, 1.54) is 0 Å². The van der Waals surface area contributed by atoms with Crippen molar-refractivity contribution in [2.24, 2.45) is 0 Å². The summed E-state index contributed by atoms with van der Waals surface area (Å²) in [5.41, 5.74) is 1.46. The summed E-state index contributed by atoms with van der Waals surface area (Å²) in [6, 6.07) is 13.7. The maximum absolute atomic E-state index is 13.5. The van der Waals surface area contributed by atoms with Crippen molar-refractivity contribution >= 4 is 35.0 Å². The molecule has 0 radical (unpaired) electrons. The lowest BCUT2D eigenvalue weighted by molar-refractivity contribution is -0.138. The summed E-state index contributed by atoms with van der Waals surface area (Å²) >= 11 is 12.5. The van der Waals surface area contributed by atoms with Gasteiger partial charge in [-0.15, -0.1) is 0 Å². The number of benzene rings is 2. The molecular formula is C25H26Cl2N4O2. The highest BCUT2D eigenvalue weighted by Crippen LogP contribution is 2.51. The Hall–Kier alpha value is -2.59. The minimum Gasteiger partial charge on any atom is -0.343 e. The first-order chi connectivity index (χ1) is 15.8. The third-order valence-corrected chi connectivity index (χ3v) is 7.12. The van der Waals surface area contributed by atoms with E-state index in [2.05, 4.69) is 16.3 Å². The quantitative estimate of drug-likeness (QED) is 0.681. The first-order valence-electron chi connectivity index (χ1n) is 11.1. The maximum Gasteiger partial charge on any atom is 0.245 e. The van der Waals surface area contributed by atoms with Gasteiger partial charge in [-0.05, 0) is 55.3 Å². The van der Waals surface area contributed by atoms with Gasteiger partial charge in [0, 0.05) is 42.6 Å². The van der Waals surface area contributed by atoms with Gasteiger partial charge in [0.2, 0.25) is 11.8 Å². The lowest BCUT2D eigenvalue weighted by Gasteiger charge is -2.35. The summed E-state index contributed by atoms with van der Waals surface area (Å²) in [4.78, 5) is 30.9. The van der Waals surface area contributed by atoms with Crippen LogP contribution in [-0.4, -0.2) is 60.9 Å². The number of nitrogens with one attached hydrogen (secondary N) is 1. The molecule has 8 heteroatoms. The highest BCUT2D eigenvalue weighted by Gasteiger charge is 2.53. The van der Waals surface area contributed by atoms with E-state index in [0.29, 0.717) is 48.0 Å². The second-order valence-electron chi connectivity index (χ2n) is 8.87. The number of carbonyl (C=O) groups excluding carboxylic acids is 2. The molecule has 4 rings (SSSR count). The molecule has 1 aliphatic carbocycles. The summed E-state index contributed by atoms with van der Waals surface area (Å²) in [7, 11) is 2.03. The van der Waals surface area contributed by atoms with Crippen LogP contribution in [0.3, 0.4) is 0 Å². The Morgan fingerprint density at radius 3 is 2.33 bits per heavy atom. The molecule has 1 saturated carbocycles. The number of likely N-dealkylation sites (N-methyl/N-ethyl adjacent to an activating group) is 1. The Bertz CT molecular complexity index is 1080. The van der Waals surface area contributed by atoms with Gasteiger partial charge in [0.05, 0.1) is 17.0 Å². The van der Waals surface area contributed by atoms with E-state index in [1.54, 1.807) is 30.3 Å². The predicted molar refractivity (Wildman–Crippen MR) is 128 cm³/mol. The number of amides is 2. The van der Waals surface area contributed by atoms with Crippen LogP contribution < -0.4 is 5.32 Å². The van der Waals surface area contributed by atoms with E-state index in [1.807, 2.05) is 24.1 Å². The zero-order chi connectivity index (χ0) is 23.6. The normalized spacial score (nSPS) is 18.3. The van der Waals surface area contributed by atoms with Crippen molar-refractivity contribution in [1.29, 1.82) is 5.26 Å². The molecule has 6 nitrogen and oxygen atoms in total. The molecule has 0 bridgehead atoms. The Morgan fingerprint density at radius 1 is 1.09 bits per heavy atom. The number of halogens is 2. The number of carbonyl (C=O) groups is 2. The van der Waals surface area contributed by atoms with Gasteiger partial charge in [-0.1, -0.05) is 41.4 Å². The van der Waals surface area contributed by atoms with Crippen LogP contribution in [0.2, 0.25) is 10.0 Å². The summed E-state index contributed by atoms with van der Waals surface area (Å²) in [5, 5.41) is 13.1. The molecule has 172 valence electrons. The van der Waals surface area contributed by atoms with Crippen molar-refractivity contribution in [3.8, 4) is 6.07 Å². The third kappa shape index (κ3) is 5.16. The van der Waals surface area contributed by atoms with Gasteiger partial charge >= 0.3 is 0 Å². The van der Waals surface area contributed by atoms with Gasteiger partial charge in [0.15, 0.2) is 0 Å². The molecule has 1 unspecified atom stereocenters. The summed E-state index contributed by atoms with van der Waals surface area (Å²) in [5.74, 6) is -0.272. The van der Waals surface area contributed by atoms with Gasteiger partial charge in [0.1, 0.15) is 6.04 Å². The van der Waals surface area contributed by atoms with Gasteiger partial charge in [-0.2, -0.15) is 5.26 Å². The van der Waals surface area contributed by atoms with Crippen molar-refractivity contribution in [2.75, 3.05) is 33.2 Å². The summed E-state index contributed by atoms with van der Waals surface area (Å²) in [6.45, 7) is 2.85. The Kier molecular flexibility index (Phi) is 6.94. The molecule has 1 heterocycles. The summed E-state index contributed by atoms with van der Waals surface area (Å²) < 4.78 is 0. The van der Waals surface area contributed by atoms with Crippen LogP contribution in [0.25, 0.3) is 0 Å². The second-order valence-corrected chi connectivity index (χ2v) is 9.72. The van der Waals surface area contributed by atoms with E-state index in [9.17, 15) is 9.59 Å². The first kappa shape index (κ1) is 23.6. The van der Waals surface area contributed by atoms with Crippen LogP contribution in [0.4, 0.5) is 0 Å². The molecule has 1 N–H and O–H groups in total. The van der Waals surface area contributed by atoms with Crippen molar-refractivity contribution < 1.29 is 9.59 Å². The Balaban J connectivity index is 1.56. The molecule has 2 amide bonds. The van der Waals surface area contributed by atoms with E-state index < -0.39 is 11.5 Å². The van der Waals surface area contributed by atoms with Gasteiger partial charge in [-0.25, -0.2) is 0 Å². The topological polar surface area (TPSA) is 76.4 Å². The average molecular weight is 485 g/mol. The molecular weight excluding hydrogens is 459 g/mol. The van der Waals surface area contributed by atoms with E-state index in [-0.39, 0.29) is 11.8 Å². The zero-order valence-electron chi connectivity index (χ0n) is 18.5. The fourth-order valence-corrected chi connectivity index (χ4v) is 4.91. The van der Waals surface area contributed by atoms with Crippen molar-refractivity contribution in [1.82, 2.24) is 15.1 Å². The van der Waals surface area contributed by atoms with Gasteiger partial charge in [-0.3, -0.25) is 9.59 Å².